The number of urea groups is 1. The Morgan fingerprint density at radius 3 is 2.33 bits per heavy atom. The highest BCUT2D eigenvalue weighted by molar-refractivity contribution is 6.03. The van der Waals surface area contributed by atoms with Crippen LogP contribution in [0.4, 0.5) is 39.4 Å². The lowest BCUT2D eigenvalue weighted by atomic mass is 10.1. The molecule has 3 amide bonds. The van der Waals surface area contributed by atoms with Gasteiger partial charge in [0, 0.05) is 35.5 Å². The Labute approximate surface area is 186 Å². The molecule has 3 aromatic rings. The zero-order chi connectivity index (χ0) is 24.0. The second-order valence-electron chi connectivity index (χ2n) is 6.91. The van der Waals surface area contributed by atoms with Crippen molar-refractivity contribution in [2.75, 3.05) is 16.0 Å². The lowest BCUT2D eigenvalue weighted by Crippen LogP contribution is -2.20. The van der Waals surface area contributed by atoms with Gasteiger partial charge in [-0.2, -0.15) is 13.2 Å². The lowest BCUT2D eigenvalue weighted by Gasteiger charge is -2.13. The molecule has 6 nitrogen and oxygen atoms in total. The Morgan fingerprint density at radius 2 is 1.67 bits per heavy atom. The fourth-order valence-corrected chi connectivity index (χ4v) is 2.77. The molecule has 0 saturated carbocycles. The molecule has 33 heavy (non-hydrogen) atoms. The molecule has 0 spiro atoms. The quantitative estimate of drug-likeness (QED) is 0.332. The first kappa shape index (κ1) is 23.5. The number of aryl methyl sites for hydroxylation is 1. The smallest absolute Gasteiger partial charge is 0.322 e. The number of aromatic nitrogens is 1. The van der Waals surface area contributed by atoms with Crippen molar-refractivity contribution in [1.29, 1.82) is 0 Å². The van der Waals surface area contributed by atoms with Crippen LogP contribution in [0.25, 0.3) is 6.08 Å². The molecule has 0 unspecified atom stereocenters. The second-order valence-corrected chi connectivity index (χ2v) is 6.91. The third kappa shape index (κ3) is 6.63. The van der Waals surface area contributed by atoms with Crippen LogP contribution in [-0.4, -0.2) is 16.9 Å². The minimum absolute atomic E-state index is 0.234. The molecular weight excluding hydrogens is 440 g/mol. The number of alkyl halides is 3. The fraction of sp³-hybridized carbons (Fsp3) is 0.0870. The van der Waals surface area contributed by atoms with E-state index in [1.54, 1.807) is 49.7 Å². The number of hydrogen-bond acceptors (Lipinski definition) is 3. The summed E-state index contributed by atoms with van der Waals surface area (Å²) >= 11 is 0. The van der Waals surface area contributed by atoms with Crippen LogP contribution < -0.4 is 16.0 Å². The van der Waals surface area contributed by atoms with Crippen molar-refractivity contribution in [3.05, 3.63) is 89.5 Å². The first-order valence-corrected chi connectivity index (χ1v) is 9.56. The summed E-state index contributed by atoms with van der Waals surface area (Å²) in [5, 5.41) is 7.37. The van der Waals surface area contributed by atoms with Gasteiger partial charge in [0.25, 0.3) is 0 Å². The van der Waals surface area contributed by atoms with Gasteiger partial charge in [0.15, 0.2) is 0 Å². The van der Waals surface area contributed by atoms with E-state index < -0.39 is 29.5 Å². The Morgan fingerprint density at radius 1 is 0.970 bits per heavy atom. The summed E-state index contributed by atoms with van der Waals surface area (Å²) in [6, 6.07) is 9.52. The number of nitrogens with zero attached hydrogens (tertiary/aromatic N) is 1. The number of halogens is 4. The number of pyridine rings is 1. The van der Waals surface area contributed by atoms with Gasteiger partial charge in [0.05, 0.1) is 5.56 Å². The number of carbonyl (C=O) groups excluding carboxylic acids is 2. The van der Waals surface area contributed by atoms with Crippen molar-refractivity contribution in [2.45, 2.75) is 13.1 Å². The number of rotatable bonds is 5. The second kappa shape index (κ2) is 9.94. The Balaban J connectivity index is 1.66. The predicted octanol–water partition coefficient (Wildman–Crippen LogP) is 5.84. The van der Waals surface area contributed by atoms with Gasteiger partial charge in [0.2, 0.25) is 5.91 Å². The Bertz CT molecular complexity index is 1190. The molecule has 3 rings (SSSR count). The van der Waals surface area contributed by atoms with Gasteiger partial charge >= 0.3 is 12.2 Å². The van der Waals surface area contributed by atoms with Crippen molar-refractivity contribution in [3.63, 3.8) is 0 Å². The molecule has 0 fully saturated rings. The highest BCUT2D eigenvalue weighted by atomic mass is 19.4. The van der Waals surface area contributed by atoms with Crippen LogP contribution in [-0.2, 0) is 11.0 Å². The summed E-state index contributed by atoms with van der Waals surface area (Å²) in [5.41, 5.74) is 0.448. The molecule has 0 bridgehead atoms. The zero-order valence-corrected chi connectivity index (χ0v) is 17.2. The number of nitrogens with one attached hydrogen (secondary N) is 3. The highest BCUT2D eigenvalue weighted by Crippen LogP contribution is 2.33. The Kier molecular flexibility index (Phi) is 7.07. The summed E-state index contributed by atoms with van der Waals surface area (Å²) in [4.78, 5) is 28.4. The van der Waals surface area contributed by atoms with E-state index in [-0.39, 0.29) is 11.4 Å². The van der Waals surface area contributed by atoms with E-state index >= 15 is 0 Å². The Hall–Kier alpha value is -4.21. The standard InChI is InChI=1S/C23H18F4N4O2/c1-14-4-6-17(12-20(14)31-21(32)9-5-15-3-2-10-28-13-15)30-22(33)29-16-7-8-19(24)18(11-16)23(25,26)27/h2-13H,1H3,(H,31,32)(H2,29,30,33)/b9-5-. The van der Waals surface area contributed by atoms with Crippen molar-refractivity contribution < 1.29 is 27.2 Å². The fourth-order valence-electron chi connectivity index (χ4n) is 2.77. The van der Waals surface area contributed by atoms with Gasteiger partial charge in [-0.25, -0.2) is 9.18 Å². The van der Waals surface area contributed by atoms with Crippen LogP contribution in [0.15, 0.2) is 67.0 Å². The van der Waals surface area contributed by atoms with E-state index in [1.165, 1.54) is 12.1 Å². The first-order chi connectivity index (χ1) is 15.6. The van der Waals surface area contributed by atoms with Crippen LogP contribution in [0.5, 0.6) is 0 Å². The number of amides is 3. The highest BCUT2D eigenvalue weighted by Gasteiger charge is 2.34. The molecule has 1 heterocycles. The average Bonchev–Trinajstić information content (AvgIpc) is 2.76. The monoisotopic (exact) mass is 458 g/mol. The van der Waals surface area contributed by atoms with E-state index in [0.717, 1.165) is 17.2 Å². The number of hydrogen-bond donors (Lipinski definition) is 3. The summed E-state index contributed by atoms with van der Waals surface area (Å²) in [6.07, 6.45) is 1.23. The summed E-state index contributed by atoms with van der Waals surface area (Å²) in [6.45, 7) is 1.75. The van der Waals surface area contributed by atoms with Gasteiger partial charge in [-0.05, 0) is 60.5 Å². The van der Waals surface area contributed by atoms with Crippen LogP contribution in [0.1, 0.15) is 16.7 Å². The minimum Gasteiger partial charge on any atom is -0.322 e. The molecule has 170 valence electrons. The third-order valence-electron chi connectivity index (χ3n) is 4.39. The molecule has 1 aromatic heterocycles. The summed E-state index contributed by atoms with van der Waals surface area (Å²) in [7, 11) is 0. The number of benzene rings is 2. The molecule has 3 N–H and O–H groups in total. The number of anilines is 3. The van der Waals surface area contributed by atoms with Crippen LogP contribution in [0, 0.1) is 12.7 Å². The largest absolute Gasteiger partial charge is 0.419 e. The van der Waals surface area contributed by atoms with E-state index in [1.807, 2.05) is 0 Å². The zero-order valence-electron chi connectivity index (χ0n) is 17.2. The normalized spacial score (nSPS) is 11.3. The molecular formula is C23H18F4N4O2. The van der Waals surface area contributed by atoms with Crippen LogP contribution >= 0.6 is 0 Å². The molecule has 0 radical (unpaired) electrons. The average molecular weight is 458 g/mol. The topological polar surface area (TPSA) is 83.1 Å². The van der Waals surface area contributed by atoms with E-state index in [2.05, 4.69) is 20.9 Å². The van der Waals surface area contributed by atoms with E-state index in [4.69, 9.17) is 0 Å². The molecule has 0 aliphatic carbocycles. The van der Waals surface area contributed by atoms with Crippen LogP contribution in [0.2, 0.25) is 0 Å². The molecule has 2 aromatic carbocycles. The lowest BCUT2D eigenvalue weighted by molar-refractivity contribution is -0.139. The maximum absolute atomic E-state index is 13.4. The van der Waals surface area contributed by atoms with Gasteiger partial charge in [-0.3, -0.25) is 9.78 Å². The molecule has 0 aliphatic heterocycles. The summed E-state index contributed by atoms with van der Waals surface area (Å²) in [5.74, 6) is -1.85. The van der Waals surface area contributed by atoms with Crippen molar-refractivity contribution >= 4 is 35.1 Å². The third-order valence-corrected chi connectivity index (χ3v) is 4.39. The molecule has 10 heteroatoms. The van der Waals surface area contributed by atoms with E-state index in [0.29, 0.717) is 17.8 Å². The van der Waals surface area contributed by atoms with Gasteiger partial charge in [-0.15, -0.1) is 0 Å². The minimum atomic E-state index is -4.90. The SMILES string of the molecule is Cc1ccc(NC(=O)Nc2ccc(F)c(C(F)(F)F)c2)cc1NC(=O)/C=C\c1cccnc1. The maximum atomic E-state index is 13.4. The van der Waals surface area contributed by atoms with Crippen molar-refractivity contribution in [2.24, 2.45) is 0 Å². The first-order valence-electron chi connectivity index (χ1n) is 9.56. The van der Waals surface area contributed by atoms with Crippen LogP contribution in [0.3, 0.4) is 0 Å². The molecule has 0 aliphatic rings. The molecule has 0 saturated heterocycles. The van der Waals surface area contributed by atoms with Crippen molar-refractivity contribution in [3.8, 4) is 0 Å². The van der Waals surface area contributed by atoms with Gasteiger partial charge in [-0.1, -0.05) is 12.1 Å². The maximum Gasteiger partial charge on any atom is 0.419 e. The van der Waals surface area contributed by atoms with E-state index in [9.17, 15) is 27.2 Å². The van der Waals surface area contributed by atoms with Gasteiger partial charge < -0.3 is 16.0 Å². The van der Waals surface area contributed by atoms with Crippen molar-refractivity contribution in [1.82, 2.24) is 4.98 Å². The molecule has 0 atom stereocenters. The predicted molar refractivity (Wildman–Crippen MR) is 117 cm³/mol. The summed E-state index contributed by atoms with van der Waals surface area (Å²) < 4.78 is 51.9. The number of carbonyl (C=O) groups is 2. The van der Waals surface area contributed by atoms with Gasteiger partial charge in [0.1, 0.15) is 5.82 Å².